The van der Waals surface area contributed by atoms with E-state index in [2.05, 4.69) is 5.32 Å². The molecule has 2 amide bonds. The second kappa shape index (κ2) is 5.26. The van der Waals surface area contributed by atoms with Gasteiger partial charge in [0.2, 0.25) is 11.8 Å². The molecule has 5 heteroatoms. The lowest BCUT2D eigenvalue weighted by molar-refractivity contribution is -0.139. The van der Waals surface area contributed by atoms with Crippen molar-refractivity contribution in [2.24, 2.45) is 5.41 Å². The first-order valence-corrected chi connectivity index (χ1v) is 6.40. The number of likely N-dealkylation sites (tertiary alicyclic amines) is 1. The number of carbonyl (C=O) groups excluding carboxylic acids is 2. The first-order chi connectivity index (χ1) is 8.12. The van der Waals surface area contributed by atoms with Crippen molar-refractivity contribution in [1.82, 2.24) is 10.2 Å². The number of piperidine rings is 1. The van der Waals surface area contributed by atoms with Gasteiger partial charge in [0.15, 0.2) is 0 Å². The van der Waals surface area contributed by atoms with E-state index >= 15 is 0 Å². The zero-order chi connectivity index (χ0) is 14.0. The molecule has 0 bridgehead atoms. The number of nitrogens with zero attached hydrogens (tertiary/aromatic N) is 1. The van der Waals surface area contributed by atoms with Gasteiger partial charge in [0.25, 0.3) is 0 Å². The maximum Gasteiger partial charge on any atom is 0.242 e. The first kappa shape index (κ1) is 15.0. The van der Waals surface area contributed by atoms with Crippen molar-refractivity contribution < 1.29 is 14.7 Å². The van der Waals surface area contributed by atoms with E-state index in [1.165, 1.54) is 0 Å². The van der Waals surface area contributed by atoms with Crippen molar-refractivity contribution in [2.75, 3.05) is 19.6 Å². The molecule has 1 aliphatic heterocycles. The van der Waals surface area contributed by atoms with Crippen LogP contribution in [0.5, 0.6) is 0 Å². The van der Waals surface area contributed by atoms with E-state index in [-0.39, 0.29) is 18.4 Å². The maximum absolute atomic E-state index is 11.9. The SMILES string of the molecule is CC1(O)CCCN(C(=O)CNC(=O)C(C)(C)C)C1. The molecule has 1 rings (SSSR count). The minimum absolute atomic E-state index is 0.00613. The van der Waals surface area contributed by atoms with Gasteiger partial charge in [-0.15, -0.1) is 0 Å². The Balaban J connectivity index is 2.44. The number of carbonyl (C=O) groups is 2. The summed E-state index contributed by atoms with van der Waals surface area (Å²) in [5, 5.41) is 12.6. The molecule has 2 N–H and O–H groups in total. The van der Waals surface area contributed by atoms with E-state index in [0.717, 1.165) is 6.42 Å². The van der Waals surface area contributed by atoms with Crippen LogP contribution in [-0.2, 0) is 9.59 Å². The average Bonchev–Trinajstić information content (AvgIpc) is 2.22. The topological polar surface area (TPSA) is 69.6 Å². The third-order valence-electron chi connectivity index (χ3n) is 3.11. The molecule has 0 saturated carbocycles. The number of nitrogens with one attached hydrogen (secondary N) is 1. The highest BCUT2D eigenvalue weighted by molar-refractivity contribution is 5.87. The number of amides is 2. The van der Waals surface area contributed by atoms with Gasteiger partial charge < -0.3 is 15.3 Å². The minimum atomic E-state index is -0.804. The molecule has 1 unspecified atom stereocenters. The van der Waals surface area contributed by atoms with Gasteiger partial charge >= 0.3 is 0 Å². The fourth-order valence-corrected chi connectivity index (χ4v) is 1.97. The smallest absolute Gasteiger partial charge is 0.242 e. The molecule has 5 nitrogen and oxygen atoms in total. The standard InChI is InChI=1S/C13H24N2O3/c1-12(2,3)11(17)14-8-10(16)15-7-5-6-13(4,18)9-15/h18H,5-9H2,1-4H3,(H,14,17). The van der Waals surface area contributed by atoms with E-state index in [1.807, 2.05) is 0 Å². The summed E-state index contributed by atoms with van der Waals surface area (Å²) in [5.74, 6) is -0.271. The summed E-state index contributed by atoms with van der Waals surface area (Å²) in [7, 11) is 0. The Morgan fingerprint density at radius 1 is 1.39 bits per heavy atom. The van der Waals surface area contributed by atoms with Crippen LogP contribution in [0.15, 0.2) is 0 Å². The monoisotopic (exact) mass is 256 g/mol. The summed E-state index contributed by atoms with van der Waals surface area (Å²) in [4.78, 5) is 25.2. The van der Waals surface area contributed by atoms with E-state index < -0.39 is 11.0 Å². The third kappa shape index (κ3) is 4.29. The molecular weight excluding hydrogens is 232 g/mol. The van der Waals surface area contributed by atoms with Crippen LogP contribution >= 0.6 is 0 Å². The normalized spacial score (nSPS) is 24.8. The minimum Gasteiger partial charge on any atom is -0.388 e. The Morgan fingerprint density at radius 2 is 2.00 bits per heavy atom. The van der Waals surface area contributed by atoms with Gasteiger partial charge in [-0.1, -0.05) is 20.8 Å². The summed E-state index contributed by atoms with van der Waals surface area (Å²) in [6, 6.07) is 0. The Labute approximate surface area is 109 Å². The molecule has 0 aromatic carbocycles. The van der Waals surface area contributed by atoms with Crippen LogP contribution in [0.1, 0.15) is 40.5 Å². The molecule has 0 spiro atoms. The average molecular weight is 256 g/mol. The highest BCUT2D eigenvalue weighted by Crippen LogP contribution is 2.20. The van der Waals surface area contributed by atoms with Gasteiger partial charge in [-0.2, -0.15) is 0 Å². The fourth-order valence-electron chi connectivity index (χ4n) is 1.97. The van der Waals surface area contributed by atoms with Gasteiger partial charge in [-0.25, -0.2) is 0 Å². The summed E-state index contributed by atoms with van der Waals surface area (Å²) < 4.78 is 0. The number of rotatable bonds is 2. The number of β-amino-alcohol motifs (C(OH)–C–C–N with tert-alkyl or cyclic N) is 1. The van der Waals surface area contributed by atoms with E-state index in [9.17, 15) is 14.7 Å². The predicted molar refractivity (Wildman–Crippen MR) is 68.9 cm³/mol. The molecule has 1 fully saturated rings. The third-order valence-corrected chi connectivity index (χ3v) is 3.11. The molecule has 104 valence electrons. The quantitative estimate of drug-likeness (QED) is 0.757. The molecular formula is C13H24N2O3. The van der Waals surface area contributed by atoms with Crippen LogP contribution in [-0.4, -0.2) is 47.1 Å². The summed E-state index contributed by atoms with van der Waals surface area (Å²) in [6.45, 7) is 8.15. The van der Waals surface area contributed by atoms with Crippen LogP contribution in [0.2, 0.25) is 0 Å². The van der Waals surface area contributed by atoms with Crippen LogP contribution in [0, 0.1) is 5.41 Å². The van der Waals surface area contributed by atoms with Crippen molar-refractivity contribution in [3.8, 4) is 0 Å². The highest BCUT2D eigenvalue weighted by Gasteiger charge is 2.31. The second-order valence-corrected chi connectivity index (χ2v) is 6.35. The molecule has 18 heavy (non-hydrogen) atoms. The molecule has 1 aliphatic rings. The summed E-state index contributed by atoms with van der Waals surface area (Å²) >= 11 is 0. The van der Waals surface area contributed by atoms with E-state index in [1.54, 1.807) is 32.6 Å². The number of aliphatic hydroxyl groups is 1. The van der Waals surface area contributed by atoms with Crippen molar-refractivity contribution >= 4 is 11.8 Å². The van der Waals surface area contributed by atoms with Gasteiger partial charge in [0.1, 0.15) is 0 Å². The second-order valence-electron chi connectivity index (χ2n) is 6.35. The summed E-state index contributed by atoms with van der Waals surface area (Å²) in [6.07, 6.45) is 1.51. The van der Waals surface area contributed by atoms with Crippen molar-refractivity contribution in [3.05, 3.63) is 0 Å². The van der Waals surface area contributed by atoms with Crippen LogP contribution in [0.3, 0.4) is 0 Å². The predicted octanol–water partition coefficient (Wildman–Crippen LogP) is 0.522. The van der Waals surface area contributed by atoms with Gasteiger partial charge in [0.05, 0.1) is 12.1 Å². The Hall–Kier alpha value is -1.10. The van der Waals surface area contributed by atoms with Gasteiger partial charge in [-0.05, 0) is 19.8 Å². The molecule has 1 saturated heterocycles. The van der Waals surface area contributed by atoms with Gasteiger partial charge in [-0.3, -0.25) is 9.59 Å². The highest BCUT2D eigenvalue weighted by atomic mass is 16.3. The number of hydrogen-bond donors (Lipinski definition) is 2. The van der Waals surface area contributed by atoms with Crippen LogP contribution in [0.4, 0.5) is 0 Å². The fraction of sp³-hybridized carbons (Fsp3) is 0.846. The van der Waals surface area contributed by atoms with E-state index in [0.29, 0.717) is 19.5 Å². The first-order valence-electron chi connectivity index (χ1n) is 6.40. The van der Waals surface area contributed by atoms with E-state index in [4.69, 9.17) is 0 Å². The zero-order valence-electron chi connectivity index (χ0n) is 11.7. The lowest BCUT2D eigenvalue weighted by Crippen LogP contribution is -2.51. The Kier molecular flexibility index (Phi) is 4.37. The lowest BCUT2D eigenvalue weighted by Gasteiger charge is -2.37. The van der Waals surface area contributed by atoms with Crippen LogP contribution in [0.25, 0.3) is 0 Å². The van der Waals surface area contributed by atoms with Crippen molar-refractivity contribution in [1.29, 1.82) is 0 Å². The molecule has 0 aromatic heterocycles. The Bertz CT molecular complexity index is 332. The molecule has 0 radical (unpaired) electrons. The lowest BCUT2D eigenvalue weighted by atomic mass is 9.95. The summed E-state index contributed by atoms with van der Waals surface area (Å²) in [5.41, 5.74) is -1.30. The van der Waals surface area contributed by atoms with Crippen molar-refractivity contribution in [3.63, 3.8) is 0 Å². The molecule has 0 aliphatic carbocycles. The zero-order valence-corrected chi connectivity index (χ0v) is 11.7. The van der Waals surface area contributed by atoms with Crippen molar-refractivity contribution in [2.45, 2.75) is 46.1 Å². The molecule has 0 aromatic rings. The van der Waals surface area contributed by atoms with Gasteiger partial charge in [0, 0.05) is 18.5 Å². The number of hydrogen-bond acceptors (Lipinski definition) is 3. The largest absolute Gasteiger partial charge is 0.388 e. The van der Waals surface area contributed by atoms with Crippen LogP contribution < -0.4 is 5.32 Å². The molecule has 1 atom stereocenters. The maximum atomic E-state index is 11.9. The Morgan fingerprint density at radius 3 is 2.50 bits per heavy atom. The molecule has 1 heterocycles.